The molecule has 19 heavy (non-hydrogen) atoms. The van der Waals surface area contributed by atoms with E-state index in [2.05, 4.69) is 5.32 Å². The molecular weight excluding hydrogens is 252 g/mol. The Bertz CT molecular complexity index is 497. The highest BCUT2D eigenvalue weighted by Gasteiger charge is 2.32. The topological polar surface area (TPSA) is 102 Å². The standard InChI is InChI=1S/C12H14N2O5/c15-6-9-1-2-10(11(5-9)14(17)18)13-7-12(16)3-4-19-8-12/h1-2,5-6,13,16H,3-4,7-8H2. The predicted octanol–water partition coefficient (Wildman–Crippen LogP) is 0.971. The molecule has 1 heterocycles. The predicted molar refractivity (Wildman–Crippen MR) is 67.4 cm³/mol. The van der Waals surface area contributed by atoms with Crippen LogP contribution >= 0.6 is 0 Å². The second-order valence-electron chi connectivity index (χ2n) is 4.53. The molecule has 0 bridgehead atoms. The summed E-state index contributed by atoms with van der Waals surface area (Å²) in [6, 6.07) is 4.14. The highest BCUT2D eigenvalue weighted by atomic mass is 16.6. The SMILES string of the molecule is O=Cc1ccc(NCC2(O)CCOC2)c([N+](=O)[O-])c1. The van der Waals surface area contributed by atoms with Crippen molar-refractivity contribution in [3.63, 3.8) is 0 Å². The molecule has 1 fully saturated rings. The number of hydrogen-bond donors (Lipinski definition) is 2. The quantitative estimate of drug-likeness (QED) is 0.468. The van der Waals surface area contributed by atoms with Crippen LogP contribution in [0.5, 0.6) is 0 Å². The number of rotatable bonds is 5. The molecule has 0 aromatic heterocycles. The van der Waals surface area contributed by atoms with Crippen LogP contribution in [0.4, 0.5) is 11.4 Å². The van der Waals surface area contributed by atoms with E-state index < -0.39 is 10.5 Å². The smallest absolute Gasteiger partial charge is 0.293 e. The first-order chi connectivity index (χ1) is 9.04. The molecule has 7 heteroatoms. The number of hydrogen-bond acceptors (Lipinski definition) is 6. The molecule has 1 unspecified atom stereocenters. The van der Waals surface area contributed by atoms with Crippen molar-refractivity contribution in [1.82, 2.24) is 0 Å². The van der Waals surface area contributed by atoms with E-state index in [0.717, 1.165) is 0 Å². The lowest BCUT2D eigenvalue weighted by molar-refractivity contribution is -0.384. The molecule has 0 saturated carbocycles. The molecular formula is C12H14N2O5. The van der Waals surface area contributed by atoms with Gasteiger partial charge >= 0.3 is 0 Å². The molecule has 0 radical (unpaired) electrons. The van der Waals surface area contributed by atoms with Crippen LogP contribution in [0.25, 0.3) is 0 Å². The number of benzene rings is 1. The van der Waals surface area contributed by atoms with Gasteiger partial charge in [-0.3, -0.25) is 14.9 Å². The van der Waals surface area contributed by atoms with E-state index >= 15 is 0 Å². The van der Waals surface area contributed by atoms with E-state index in [1.54, 1.807) is 0 Å². The Balaban J connectivity index is 2.15. The first-order valence-electron chi connectivity index (χ1n) is 5.82. The zero-order valence-corrected chi connectivity index (χ0v) is 10.2. The first-order valence-corrected chi connectivity index (χ1v) is 5.82. The highest BCUT2D eigenvalue weighted by Crippen LogP contribution is 2.27. The van der Waals surface area contributed by atoms with Crippen molar-refractivity contribution in [2.75, 3.05) is 25.1 Å². The van der Waals surface area contributed by atoms with Crippen LogP contribution < -0.4 is 5.32 Å². The van der Waals surface area contributed by atoms with Gasteiger partial charge in [0.2, 0.25) is 0 Å². The van der Waals surface area contributed by atoms with Crippen LogP contribution in [-0.4, -0.2) is 41.7 Å². The van der Waals surface area contributed by atoms with Crippen molar-refractivity contribution < 1.29 is 19.6 Å². The van der Waals surface area contributed by atoms with E-state index in [1.807, 2.05) is 0 Å². The molecule has 1 aromatic carbocycles. The normalized spacial score (nSPS) is 22.2. The van der Waals surface area contributed by atoms with Gasteiger partial charge in [0.1, 0.15) is 17.6 Å². The van der Waals surface area contributed by atoms with Gasteiger partial charge in [-0.05, 0) is 12.1 Å². The zero-order chi connectivity index (χ0) is 13.9. The zero-order valence-electron chi connectivity index (χ0n) is 10.2. The maximum Gasteiger partial charge on any atom is 0.293 e. The van der Waals surface area contributed by atoms with Crippen molar-refractivity contribution in [1.29, 1.82) is 0 Å². The number of aliphatic hydroxyl groups is 1. The van der Waals surface area contributed by atoms with Crippen molar-refractivity contribution in [2.24, 2.45) is 0 Å². The van der Waals surface area contributed by atoms with Crippen LogP contribution in [0.15, 0.2) is 18.2 Å². The third kappa shape index (κ3) is 3.07. The molecule has 1 saturated heterocycles. The van der Waals surface area contributed by atoms with E-state index in [0.29, 0.717) is 19.3 Å². The molecule has 2 rings (SSSR count). The van der Waals surface area contributed by atoms with Gasteiger partial charge < -0.3 is 15.2 Å². The monoisotopic (exact) mass is 266 g/mol. The third-order valence-corrected chi connectivity index (χ3v) is 3.04. The van der Waals surface area contributed by atoms with Gasteiger partial charge in [0.05, 0.1) is 11.5 Å². The molecule has 102 valence electrons. The number of carbonyl (C=O) groups is 1. The van der Waals surface area contributed by atoms with Crippen molar-refractivity contribution in [3.8, 4) is 0 Å². The van der Waals surface area contributed by atoms with Crippen LogP contribution in [0, 0.1) is 10.1 Å². The number of carbonyl (C=O) groups excluding carboxylic acids is 1. The van der Waals surface area contributed by atoms with Crippen molar-refractivity contribution in [2.45, 2.75) is 12.0 Å². The van der Waals surface area contributed by atoms with Crippen LogP contribution in [0.2, 0.25) is 0 Å². The number of nitrogens with zero attached hydrogens (tertiary/aromatic N) is 1. The van der Waals surface area contributed by atoms with Crippen molar-refractivity contribution in [3.05, 3.63) is 33.9 Å². The summed E-state index contributed by atoms with van der Waals surface area (Å²) < 4.78 is 5.09. The van der Waals surface area contributed by atoms with E-state index in [-0.39, 0.29) is 30.1 Å². The number of nitro groups is 1. The molecule has 1 aliphatic rings. The van der Waals surface area contributed by atoms with Gasteiger partial charge in [-0.25, -0.2) is 0 Å². The number of nitro benzene ring substituents is 1. The Hall–Kier alpha value is -1.99. The van der Waals surface area contributed by atoms with Crippen molar-refractivity contribution >= 4 is 17.7 Å². The Labute approximate surface area is 109 Å². The van der Waals surface area contributed by atoms with Gasteiger partial charge in [0, 0.05) is 31.2 Å². The number of nitrogens with one attached hydrogen (secondary N) is 1. The second-order valence-corrected chi connectivity index (χ2v) is 4.53. The van der Waals surface area contributed by atoms with Gasteiger partial charge in [-0.2, -0.15) is 0 Å². The summed E-state index contributed by atoms with van der Waals surface area (Å²) in [7, 11) is 0. The summed E-state index contributed by atoms with van der Waals surface area (Å²) in [4.78, 5) is 21.0. The average Bonchev–Trinajstić information content (AvgIpc) is 2.83. The minimum atomic E-state index is -1.00. The summed E-state index contributed by atoms with van der Waals surface area (Å²) in [5.74, 6) is 0. The fraction of sp³-hybridized carbons (Fsp3) is 0.417. The number of anilines is 1. The lowest BCUT2D eigenvalue weighted by Gasteiger charge is -2.21. The summed E-state index contributed by atoms with van der Waals surface area (Å²) in [6.45, 7) is 0.846. The van der Waals surface area contributed by atoms with E-state index in [4.69, 9.17) is 4.74 Å². The number of ether oxygens (including phenoxy) is 1. The Morgan fingerprint density at radius 2 is 2.37 bits per heavy atom. The Kier molecular flexibility index (Phi) is 3.77. The molecule has 0 spiro atoms. The van der Waals surface area contributed by atoms with Crippen LogP contribution in [0.1, 0.15) is 16.8 Å². The average molecular weight is 266 g/mol. The minimum Gasteiger partial charge on any atom is -0.386 e. The summed E-state index contributed by atoms with van der Waals surface area (Å²) in [6.07, 6.45) is 1.04. The van der Waals surface area contributed by atoms with Gasteiger partial charge in [-0.1, -0.05) is 0 Å². The molecule has 0 amide bonds. The summed E-state index contributed by atoms with van der Waals surface area (Å²) in [5, 5.41) is 23.8. The van der Waals surface area contributed by atoms with Gasteiger partial charge in [0.25, 0.3) is 5.69 Å². The van der Waals surface area contributed by atoms with Gasteiger partial charge in [-0.15, -0.1) is 0 Å². The molecule has 2 N–H and O–H groups in total. The summed E-state index contributed by atoms with van der Waals surface area (Å²) >= 11 is 0. The second kappa shape index (κ2) is 5.33. The number of aldehydes is 1. The lowest BCUT2D eigenvalue weighted by atomic mass is 10.0. The molecule has 1 aliphatic heterocycles. The van der Waals surface area contributed by atoms with Gasteiger partial charge in [0.15, 0.2) is 0 Å². The maximum absolute atomic E-state index is 10.9. The highest BCUT2D eigenvalue weighted by molar-refractivity contribution is 5.79. The minimum absolute atomic E-state index is 0.161. The maximum atomic E-state index is 10.9. The van der Waals surface area contributed by atoms with Crippen LogP contribution in [-0.2, 0) is 4.74 Å². The fourth-order valence-electron chi connectivity index (χ4n) is 1.92. The van der Waals surface area contributed by atoms with E-state index in [1.165, 1.54) is 18.2 Å². The molecule has 0 aliphatic carbocycles. The molecule has 7 nitrogen and oxygen atoms in total. The third-order valence-electron chi connectivity index (χ3n) is 3.04. The fourth-order valence-corrected chi connectivity index (χ4v) is 1.92. The Morgan fingerprint density at radius 3 is 2.95 bits per heavy atom. The Morgan fingerprint density at radius 1 is 1.58 bits per heavy atom. The van der Waals surface area contributed by atoms with Crippen LogP contribution in [0.3, 0.4) is 0 Å². The molecule has 1 aromatic rings. The first kappa shape index (κ1) is 13.4. The summed E-state index contributed by atoms with van der Waals surface area (Å²) in [5.41, 5.74) is -0.680. The largest absolute Gasteiger partial charge is 0.386 e. The lowest BCUT2D eigenvalue weighted by Crippen LogP contribution is -2.37. The van der Waals surface area contributed by atoms with E-state index in [9.17, 15) is 20.0 Å². The molecule has 1 atom stereocenters.